The van der Waals surface area contributed by atoms with Crippen LogP contribution < -0.4 is 0 Å². The van der Waals surface area contributed by atoms with Gasteiger partial charge in [0, 0.05) is 11.4 Å². The van der Waals surface area contributed by atoms with Crippen LogP contribution in [0, 0.1) is 18.3 Å². The van der Waals surface area contributed by atoms with Crippen LogP contribution in [0.25, 0.3) is 0 Å². The van der Waals surface area contributed by atoms with Gasteiger partial charge in [0.2, 0.25) is 0 Å². The quantitative estimate of drug-likeness (QED) is 0.714. The second-order valence-corrected chi connectivity index (χ2v) is 4.96. The van der Waals surface area contributed by atoms with Crippen molar-refractivity contribution < 1.29 is 0 Å². The number of hydrogen-bond donors (Lipinski definition) is 0. The summed E-state index contributed by atoms with van der Waals surface area (Å²) in [5, 5.41) is 8.95. The number of rotatable bonds is 2. The molecule has 0 aliphatic carbocycles. The molecule has 0 spiro atoms. The Bertz CT molecular complexity index is 366. The minimum atomic E-state index is 0.0938. The fraction of sp³-hybridized carbons (Fsp3) is 0.417. The number of benzene rings is 1. The maximum Gasteiger partial charge on any atom is 0.107 e. The molecule has 2 rings (SSSR count). The zero-order valence-electron chi connectivity index (χ0n) is 8.81. The van der Waals surface area contributed by atoms with Crippen LogP contribution in [0.4, 0.5) is 0 Å². The maximum absolute atomic E-state index is 8.95. The van der Waals surface area contributed by atoms with Gasteiger partial charge in [-0.05, 0) is 43.8 Å². The Balaban J connectivity index is 2.03. The van der Waals surface area contributed by atoms with Crippen LogP contribution in [0.2, 0.25) is 0 Å². The molecule has 0 bridgehead atoms. The van der Waals surface area contributed by atoms with Crippen molar-refractivity contribution in [3.63, 3.8) is 0 Å². The van der Waals surface area contributed by atoms with E-state index < -0.39 is 0 Å². The molecule has 1 heterocycles. The third-order valence-electron chi connectivity index (χ3n) is 2.60. The minimum absolute atomic E-state index is 0.0938. The topological polar surface area (TPSA) is 27.0 Å². The van der Waals surface area contributed by atoms with Gasteiger partial charge in [-0.25, -0.2) is 4.31 Å². The molecule has 3 heteroatoms. The van der Waals surface area contributed by atoms with Gasteiger partial charge in [-0.3, -0.25) is 0 Å². The molecule has 0 saturated carbocycles. The lowest BCUT2D eigenvalue weighted by atomic mass is 10.2. The highest BCUT2D eigenvalue weighted by Gasteiger charge is 2.24. The zero-order chi connectivity index (χ0) is 10.7. The number of nitriles is 1. The molecule has 0 radical (unpaired) electrons. The summed E-state index contributed by atoms with van der Waals surface area (Å²) in [5.41, 5.74) is 1.28. The second-order valence-electron chi connectivity index (χ2n) is 3.83. The van der Waals surface area contributed by atoms with E-state index in [4.69, 9.17) is 5.26 Å². The SMILES string of the molecule is Cc1ccc(SN2CCCC2C#N)cc1. The molecule has 1 fully saturated rings. The third-order valence-corrected chi connectivity index (χ3v) is 3.75. The lowest BCUT2D eigenvalue weighted by molar-refractivity contribution is 0.513. The highest BCUT2D eigenvalue weighted by atomic mass is 32.2. The van der Waals surface area contributed by atoms with Gasteiger partial charge in [0.15, 0.2) is 0 Å². The first-order valence-corrected chi connectivity index (χ1v) is 5.98. The van der Waals surface area contributed by atoms with E-state index in [1.165, 1.54) is 10.5 Å². The first kappa shape index (κ1) is 10.5. The summed E-state index contributed by atoms with van der Waals surface area (Å²) in [6, 6.07) is 10.9. The zero-order valence-corrected chi connectivity index (χ0v) is 9.63. The second kappa shape index (κ2) is 4.69. The molecule has 15 heavy (non-hydrogen) atoms. The van der Waals surface area contributed by atoms with Gasteiger partial charge in [0.05, 0.1) is 6.07 Å². The molecule has 78 valence electrons. The average molecular weight is 218 g/mol. The third kappa shape index (κ3) is 2.53. The fourth-order valence-electron chi connectivity index (χ4n) is 1.71. The van der Waals surface area contributed by atoms with Crippen molar-refractivity contribution in [2.75, 3.05) is 6.54 Å². The van der Waals surface area contributed by atoms with Crippen LogP contribution >= 0.6 is 11.9 Å². The van der Waals surface area contributed by atoms with E-state index >= 15 is 0 Å². The number of hydrogen-bond acceptors (Lipinski definition) is 3. The maximum atomic E-state index is 8.95. The van der Waals surface area contributed by atoms with Crippen LogP contribution in [-0.2, 0) is 0 Å². The van der Waals surface area contributed by atoms with Crippen molar-refractivity contribution in [2.45, 2.75) is 30.7 Å². The predicted octanol–water partition coefficient (Wildman–Crippen LogP) is 2.99. The molecule has 1 aliphatic rings. The normalized spacial score (nSPS) is 21.5. The molecular weight excluding hydrogens is 204 g/mol. The number of nitrogens with zero attached hydrogens (tertiary/aromatic N) is 2. The van der Waals surface area contributed by atoms with E-state index in [0.717, 1.165) is 19.4 Å². The van der Waals surface area contributed by atoms with Crippen molar-refractivity contribution >= 4 is 11.9 Å². The van der Waals surface area contributed by atoms with E-state index in [2.05, 4.69) is 41.6 Å². The molecule has 1 atom stereocenters. The summed E-state index contributed by atoms with van der Waals surface area (Å²) in [6.07, 6.45) is 2.15. The lowest BCUT2D eigenvalue weighted by Crippen LogP contribution is -2.20. The summed E-state index contributed by atoms with van der Waals surface area (Å²) in [6.45, 7) is 3.11. The molecule has 1 saturated heterocycles. The summed E-state index contributed by atoms with van der Waals surface area (Å²) in [4.78, 5) is 1.22. The summed E-state index contributed by atoms with van der Waals surface area (Å²) < 4.78 is 2.19. The summed E-state index contributed by atoms with van der Waals surface area (Å²) >= 11 is 1.70. The number of aryl methyl sites for hydroxylation is 1. The molecule has 1 aromatic rings. The van der Waals surface area contributed by atoms with Gasteiger partial charge in [0.25, 0.3) is 0 Å². The van der Waals surface area contributed by atoms with Gasteiger partial charge < -0.3 is 0 Å². The van der Waals surface area contributed by atoms with E-state index in [1.807, 2.05) is 0 Å². The molecule has 0 N–H and O–H groups in total. The van der Waals surface area contributed by atoms with Crippen LogP contribution in [0.3, 0.4) is 0 Å². The van der Waals surface area contributed by atoms with Crippen LogP contribution in [0.5, 0.6) is 0 Å². The largest absolute Gasteiger partial charge is 0.229 e. The first-order chi connectivity index (χ1) is 7.29. The fourth-order valence-corrected chi connectivity index (χ4v) is 2.74. The first-order valence-electron chi connectivity index (χ1n) is 5.20. The van der Waals surface area contributed by atoms with E-state index in [-0.39, 0.29) is 6.04 Å². The molecule has 0 amide bonds. The van der Waals surface area contributed by atoms with Gasteiger partial charge in [-0.1, -0.05) is 17.7 Å². The van der Waals surface area contributed by atoms with Crippen molar-refractivity contribution in [3.05, 3.63) is 29.8 Å². The molecule has 1 unspecified atom stereocenters. The smallest absolute Gasteiger partial charge is 0.107 e. The monoisotopic (exact) mass is 218 g/mol. The van der Waals surface area contributed by atoms with Gasteiger partial charge >= 0.3 is 0 Å². The van der Waals surface area contributed by atoms with Gasteiger partial charge in [-0.15, -0.1) is 0 Å². The Labute approximate surface area is 95.0 Å². The highest BCUT2D eigenvalue weighted by Crippen LogP contribution is 2.30. The summed E-state index contributed by atoms with van der Waals surface area (Å²) in [5.74, 6) is 0. The average Bonchev–Trinajstić information content (AvgIpc) is 2.69. The van der Waals surface area contributed by atoms with Crippen molar-refractivity contribution in [3.8, 4) is 6.07 Å². The molecule has 1 aliphatic heterocycles. The van der Waals surface area contributed by atoms with E-state index in [0.29, 0.717) is 0 Å². The molecular formula is C12H14N2S. The molecule has 2 nitrogen and oxygen atoms in total. The van der Waals surface area contributed by atoms with Gasteiger partial charge in [0.1, 0.15) is 6.04 Å². The van der Waals surface area contributed by atoms with Crippen LogP contribution in [0.1, 0.15) is 18.4 Å². The summed E-state index contributed by atoms with van der Waals surface area (Å²) in [7, 11) is 0. The van der Waals surface area contributed by atoms with Crippen molar-refractivity contribution in [2.24, 2.45) is 0 Å². The molecule has 0 aromatic heterocycles. The minimum Gasteiger partial charge on any atom is -0.229 e. The van der Waals surface area contributed by atoms with E-state index in [1.54, 1.807) is 11.9 Å². The highest BCUT2D eigenvalue weighted by molar-refractivity contribution is 7.97. The van der Waals surface area contributed by atoms with Crippen molar-refractivity contribution in [1.82, 2.24) is 4.31 Å². The van der Waals surface area contributed by atoms with Crippen molar-refractivity contribution in [1.29, 1.82) is 5.26 Å². The Hall–Kier alpha value is -0.980. The predicted molar refractivity (Wildman–Crippen MR) is 62.4 cm³/mol. The Morgan fingerprint density at radius 2 is 2.13 bits per heavy atom. The lowest BCUT2D eigenvalue weighted by Gasteiger charge is -2.17. The standard InChI is InChI=1S/C12H14N2S/c1-10-4-6-12(7-5-10)15-14-8-2-3-11(14)9-13/h4-7,11H,2-3,8H2,1H3. The van der Waals surface area contributed by atoms with Gasteiger partial charge in [-0.2, -0.15) is 5.26 Å². The van der Waals surface area contributed by atoms with E-state index in [9.17, 15) is 0 Å². The molecule has 1 aromatic carbocycles. The Morgan fingerprint density at radius 3 is 2.80 bits per heavy atom. The Morgan fingerprint density at radius 1 is 1.40 bits per heavy atom. The van der Waals surface area contributed by atoms with Crippen LogP contribution in [-0.4, -0.2) is 16.9 Å². The Kier molecular flexibility index (Phi) is 3.30. The van der Waals surface area contributed by atoms with Crippen LogP contribution in [0.15, 0.2) is 29.2 Å².